The molecule has 0 amide bonds. The molecule has 0 fully saturated rings. The zero-order valence-electron chi connectivity index (χ0n) is 9.39. The number of hydrogen-bond acceptors (Lipinski definition) is 1. The number of aryl methyl sites for hydroxylation is 1. The van der Waals surface area contributed by atoms with Crippen molar-refractivity contribution in [2.24, 2.45) is 0 Å². The third kappa shape index (κ3) is 1.76. The number of aromatic nitrogens is 1. The maximum absolute atomic E-state index is 9.97. The van der Waals surface area contributed by atoms with Crippen LogP contribution in [0.2, 0.25) is 0 Å². The van der Waals surface area contributed by atoms with E-state index in [1.165, 1.54) is 0 Å². The van der Waals surface area contributed by atoms with E-state index in [0.717, 1.165) is 22.0 Å². The van der Waals surface area contributed by atoms with Gasteiger partial charge in [0.15, 0.2) is 11.4 Å². The molecule has 0 aliphatic carbocycles. The van der Waals surface area contributed by atoms with Crippen LogP contribution in [0.25, 0.3) is 16.3 Å². The monoisotopic (exact) mass is 289 g/mol. The summed E-state index contributed by atoms with van der Waals surface area (Å²) < 4.78 is 2.01. The Kier molecular flexibility index (Phi) is 3.03. The Balaban J connectivity index is 0.00000108. The van der Waals surface area contributed by atoms with E-state index < -0.39 is 0 Å². The average molecular weight is 290 g/mol. The number of pyridine rings is 2. The lowest BCUT2D eigenvalue weighted by Gasteiger charge is -2.01. The third-order valence-electron chi connectivity index (χ3n) is 2.96. The number of fused-ring (bicyclic) bond motifs is 3. The highest BCUT2D eigenvalue weighted by molar-refractivity contribution is 5.96. The minimum atomic E-state index is 0. The van der Waals surface area contributed by atoms with Gasteiger partial charge in [0.1, 0.15) is 0 Å². The van der Waals surface area contributed by atoms with Gasteiger partial charge in [0.25, 0.3) is 0 Å². The molecule has 2 nitrogen and oxygen atoms in total. The van der Waals surface area contributed by atoms with Gasteiger partial charge < -0.3 is 22.1 Å². The minimum Gasteiger partial charge on any atom is -1.00 e. The summed E-state index contributed by atoms with van der Waals surface area (Å²) in [6, 6.07) is 14.0. The van der Waals surface area contributed by atoms with E-state index >= 15 is 0 Å². The van der Waals surface area contributed by atoms with Crippen LogP contribution in [0.4, 0.5) is 0 Å². The third-order valence-corrected chi connectivity index (χ3v) is 2.96. The first-order valence-electron chi connectivity index (χ1n) is 5.29. The van der Waals surface area contributed by atoms with Crippen LogP contribution in [0.5, 0.6) is 5.75 Å². The second-order valence-electron chi connectivity index (χ2n) is 3.98. The van der Waals surface area contributed by atoms with E-state index in [9.17, 15) is 5.11 Å². The summed E-state index contributed by atoms with van der Waals surface area (Å²) in [6.45, 7) is 2.03. The number of halogens is 1. The average Bonchev–Trinajstić information content (AvgIpc) is 2.31. The molecule has 0 bridgehead atoms. The summed E-state index contributed by atoms with van der Waals surface area (Å²) in [5.74, 6) is 0.322. The second-order valence-corrected chi connectivity index (χ2v) is 3.98. The first-order chi connectivity index (χ1) is 7.77. The van der Waals surface area contributed by atoms with Gasteiger partial charge in [-0.25, -0.2) is 0 Å². The Labute approximate surface area is 110 Å². The van der Waals surface area contributed by atoms with Crippen LogP contribution in [-0.4, -0.2) is 5.11 Å². The van der Waals surface area contributed by atoms with Gasteiger partial charge >= 0.3 is 0 Å². The highest BCUT2D eigenvalue weighted by Gasteiger charge is 2.13. The molecule has 0 radical (unpaired) electrons. The summed E-state index contributed by atoms with van der Waals surface area (Å²) in [6.07, 6.45) is 1.77. The Morgan fingerprint density at radius 3 is 2.41 bits per heavy atom. The summed E-state index contributed by atoms with van der Waals surface area (Å²) in [7, 11) is 0. The van der Waals surface area contributed by atoms with Gasteiger partial charge in [-0.3, -0.25) is 0 Å². The summed E-state index contributed by atoms with van der Waals surface area (Å²) in [4.78, 5) is 0. The quantitative estimate of drug-likeness (QED) is 0.442. The van der Waals surface area contributed by atoms with Gasteiger partial charge in [0, 0.05) is 24.4 Å². The summed E-state index contributed by atoms with van der Waals surface area (Å²) >= 11 is 0. The van der Waals surface area contributed by atoms with Crippen molar-refractivity contribution >= 4 is 16.3 Å². The van der Waals surface area contributed by atoms with E-state index in [1.54, 1.807) is 6.20 Å². The fourth-order valence-corrected chi connectivity index (χ4v) is 2.14. The Bertz CT molecular complexity index is 689. The van der Waals surface area contributed by atoms with E-state index in [4.69, 9.17) is 0 Å². The lowest BCUT2D eigenvalue weighted by Crippen LogP contribution is -3.00. The molecular weight excluding hydrogens is 278 g/mol. The zero-order chi connectivity index (χ0) is 11.1. The molecular formula is C14H12BrNO. The maximum atomic E-state index is 9.97. The molecule has 3 aromatic rings. The first-order valence-corrected chi connectivity index (χ1v) is 5.29. The van der Waals surface area contributed by atoms with Gasteiger partial charge in [0.05, 0.1) is 5.39 Å². The number of aromatic hydroxyl groups is 1. The molecule has 3 rings (SSSR count). The van der Waals surface area contributed by atoms with Gasteiger partial charge in [-0.05, 0) is 12.1 Å². The van der Waals surface area contributed by atoms with Crippen LogP contribution in [-0.2, 0) is 0 Å². The van der Waals surface area contributed by atoms with Crippen molar-refractivity contribution in [3.63, 3.8) is 0 Å². The highest BCUT2D eigenvalue weighted by Crippen LogP contribution is 2.25. The van der Waals surface area contributed by atoms with Crippen LogP contribution in [0, 0.1) is 6.92 Å². The molecule has 0 aliphatic rings. The van der Waals surface area contributed by atoms with Crippen LogP contribution < -0.4 is 21.4 Å². The smallest absolute Gasteiger partial charge is 0.218 e. The molecule has 86 valence electrons. The fourth-order valence-electron chi connectivity index (χ4n) is 2.14. The van der Waals surface area contributed by atoms with E-state index in [-0.39, 0.29) is 17.0 Å². The van der Waals surface area contributed by atoms with Gasteiger partial charge in [-0.2, -0.15) is 4.40 Å². The van der Waals surface area contributed by atoms with E-state index in [0.29, 0.717) is 5.75 Å². The van der Waals surface area contributed by atoms with Crippen LogP contribution in [0.15, 0.2) is 48.7 Å². The van der Waals surface area contributed by atoms with Crippen molar-refractivity contribution < 1.29 is 26.5 Å². The molecule has 0 aliphatic heterocycles. The molecule has 0 spiro atoms. The van der Waals surface area contributed by atoms with Gasteiger partial charge in [-0.15, -0.1) is 0 Å². The normalized spacial score (nSPS) is 10.4. The zero-order valence-corrected chi connectivity index (χ0v) is 11.0. The van der Waals surface area contributed by atoms with Crippen LogP contribution >= 0.6 is 0 Å². The molecule has 1 N–H and O–H groups in total. The molecule has 2 aromatic heterocycles. The first kappa shape index (κ1) is 11.9. The molecule has 17 heavy (non-hydrogen) atoms. The topological polar surface area (TPSA) is 24.3 Å². The van der Waals surface area contributed by atoms with Crippen LogP contribution in [0.3, 0.4) is 0 Å². The number of rotatable bonds is 0. The van der Waals surface area contributed by atoms with Gasteiger partial charge in [-0.1, -0.05) is 18.2 Å². The minimum absolute atomic E-state index is 0. The largest absolute Gasteiger partial charge is 1.00 e. The summed E-state index contributed by atoms with van der Waals surface area (Å²) in [5, 5.41) is 11.9. The van der Waals surface area contributed by atoms with Crippen molar-refractivity contribution in [2.45, 2.75) is 6.92 Å². The predicted octanol–water partition coefficient (Wildman–Crippen LogP) is -0.403. The SMILES string of the molecule is Cc1cccc2c3ccccc3c(O)c[n+]12.[Br-]. The molecule has 0 unspecified atom stereocenters. The predicted molar refractivity (Wildman–Crippen MR) is 63.5 cm³/mol. The van der Waals surface area contributed by atoms with Crippen molar-refractivity contribution in [3.05, 3.63) is 54.4 Å². The molecule has 3 heteroatoms. The highest BCUT2D eigenvalue weighted by atomic mass is 79.9. The van der Waals surface area contributed by atoms with Crippen molar-refractivity contribution in [1.29, 1.82) is 0 Å². The molecule has 1 aromatic carbocycles. The number of benzene rings is 1. The van der Waals surface area contributed by atoms with Crippen molar-refractivity contribution in [3.8, 4) is 5.75 Å². The van der Waals surface area contributed by atoms with E-state index in [2.05, 4.69) is 6.07 Å². The summed E-state index contributed by atoms with van der Waals surface area (Å²) in [5.41, 5.74) is 2.23. The van der Waals surface area contributed by atoms with E-state index in [1.807, 2.05) is 47.7 Å². The van der Waals surface area contributed by atoms with Gasteiger partial charge in [0.2, 0.25) is 11.7 Å². The Morgan fingerprint density at radius 2 is 1.65 bits per heavy atom. The lowest BCUT2D eigenvalue weighted by atomic mass is 10.1. The van der Waals surface area contributed by atoms with Crippen LogP contribution in [0.1, 0.15) is 5.69 Å². The molecule has 0 atom stereocenters. The van der Waals surface area contributed by atoms with Crippen molar-refractivity contribution in [2.75, 3.05) is 0 Å². The standard InChI is InChI=1S/C14H11NO.BrH/c1-10-5-4-8-13-11-6-2-3-7-12(11)14(16)9-15(10)13;/h2-9H,1H3;1H. The maximum Gasteiger partial charge on any atom is 0.218 e. The lowest BCUT2D eigenvalue weighted by molar-refractivity contribution is -0.519. The molecule has 2 heterocycles. The Hall–Kier alpha value is -1.61. The van der Waals surface area contributed by atoms with Crippen molar-refractivity contribution in [1.82, 2.24) is 0 Å². The Morgan fingerprint density at radius 1 is 0.941 bits per heavy atom. The molecule has 0 saturated heterocycles. The molecule has 0 saturated carbocycles. The fraction of sp³-hybridized carbons (Fsp3) is 0.0714. The number of hydrogen-bond donors (Lipinski definition) is 1. The second kappa shape index (κ2) is 4.34. The number of nitrogens with zero attached hydrogens (tertiary/aromatic N) is 1.